The molecule has 0 aromatic heterocycles. The second kappa shape index (κ2) is 9.30. The maximum absolute atomic E-state index is 12.6. The van der Waals surface area contributed by atoms with Crippen LogP contribution in [0.2, 0.25) is 0 Å². The van der Waals surface area contributed by atoms with Crippen LogP contribution in [0.5, 0.6) is 0 Å². The van der Waals surface area contributed by atoms with Gasteiger partial charge in [-0.15, -0.1) is 0 Å². The first-order valence-electron chi connectivity index (χ1n) is 9.44. The lowest BCUT2D eigenvalue weighted by atomic mass is 10.1. The predicted molar refractivity (Wildman–Crippen MR) is 111 cm³/mol. The van der Waals surface area contributed by atoms with Crippen molar-refractivity contribution >= 4 is 23.2 Å². The Bertz CT molecular complexity index is 901. The number of carbonyl (C=O) groups is 2. The van der Waals surface area contributed by atoms with Gasteiger partial charge in [0.2, 0.25) is 11.8 Å². The van der Waals surface area contributed by atoms with Gasteiger partial charge in [-0.25, -0.2) is 0 Å². The highest BCUT2D eigenvalue weighted by molar-refractivity contribution is 5.96. The van der Waals surface area contributed by atoms with Crippen molar-refractivity contribution < 1.29 is 22.8 Å². The second-order valence-corrected chi connectivity index (χ2v) is 7.48. The minimum Gasteiger partial charge on any atom is -0.325 e. The van der Waals surface area contributed by atoms with Crippen LogP contribution < -0.4 is 10.6 Å². The molecule has 0 bridgehead atoms. The number of carbonyl (C=O) groups excluding carboxylic acids is 2. The van der Waals surface area contributed by atoms with E-state index in [1.807, 2.05) is 32.9 Å². The molecule has 2 aromatic rings. The highest BCUT2D eigenvalue weighted by Gasteiger charge is 2.30. The SMILES string of the molecule is Cc1cc(C)c(NC(=O)CN(C)[C@H](C)C(=O)Nc2ccc(C(F)(F)F)cc2)c(C)c1. The fourth-order valence-electron chi connectivity index (χ4n) is 3.11. The van der Waals surface area contributed by atoms with Gasteiger partial charge in [0.15, 0.2) is 0 Å². The molecule has 162 valence electrons. The van der Waals surface area contributed by atoms with E-state index in [1.54, 1.807) is 18.9 Å². The summed E-state index contributed by atoms with van der Waals surface area (Å²) in [6.07, 6.45) is -4.43. The van der Waals surface area contributed by atoms with E-state index in [0.29, 0.717) is 0 Å². The topological polar surface area (TPSA) is 61.4 Å². The molecule has 0 aliphatic rings. The minimum absolute atomic E-state index is 0.0195. The van der Waals surface area contributed by atoms with Gasteiger partial charge in [-0.3, -0.25) is 14.5 Å². The summed E-state index contributed by atoms with van der Waals surface area (Å²) in [7, 11) is 1.63. The standard InChI is InChI=1S/C22H26F3N3O2/c1-13-10-14(2)20(15(3)11-13)27-19(29)12-28(5)16(4)21(30)26-18-8-6-17(7-9-18)22(23,24)25/h6-11,16H,12H2,1-5H3,(H,26,30)(H,27,29)/t16-/m1/s1. The molecule has 2 amide bonds. The fourth-order valence-corrected chi connectivity index (χ4v) is 3.11. The molecule has 8 heteroatoms. The molecule has 0 aliphatic heterocycles. The number of halogens is 3. The van der Waals surface area contributed by atoms with E-state index in [1.165, 1.54) is 12.1 Å². The molecule has 0 spiro atoms. The monoisotopic (exact) mass is 421 g/mol. The third kappa shape index (κ3) is 6.06. The molecular formula is C22H26F3N3O2. The molecule has 0 unspecified atom stereocenters. The van der Waals surface area contributed by atoms with Gasteiger partial charge in [0.1, 0.15) is 0 Å². The van der Waals surface area contributed by atoms with Gasteiger partial charge in [-0.2, -0.15) is 13.2 Å². The lowest BCUT2D eigenvalue weighted by Crippen LogP contribution is -2.43. The van der Waals surface area contributed by atoms with Crippen LogP contribution in [0.15, 0.2) is 36.4 Å². The molecule has 2 N–H and O–H groups in total. The number of likely N-dealkylation sites (N-methyl/N-ethyl adjacent to an activating group) is 1. The van der Waals surface area contributed by atoms with Gasteiger partial charge in [0, 0.05) is 11.4 Å². The molecule has 2 rings (SSSR count). The third-order valence-corrected chi connectivity index (χ3v) is 4.85. The Hall–Kier alpha value is -2.87. The van der Waals surface area contributed by atoms with E-state index in [9.17, 15) is 22.8 Å². The molecular weight excluding hydrogens is 395 g/mol. The minimum atomic E-state index is -4.43. The number of rotatable bonds is 6. The largest absolute Gasteiger partial charge is 0.416 e. The summed E-state index contributed by atoms with van der Waals surface area (Å²) in [4.78, 5) is 26.4. The lowest BCUT2D eigenvalue weighted by molar-refractivity contribution is -0.137. The number of benzene rings is 2. The summed E-state index contributed by atoms with van der Waals surface area (Å²) < 4.78 is 37.9. The molecule has 1 atom stereocenters. The van der Waals surface area contributed by atoms with Crippen LogP contribution in [-0.2, 0) is 15.8 Å². The second-order valence-electron chi connectivity index (χ2n) is 7.48. The van der Waals surface area contributed by atoms with Gasteiger partial charge in [0.25, 0.3) is 0 Å². The summed E-state index contributed by atoms with van der Waals surface area (Å²) in [6, 6.07) is 7.50. The van der Waals surface area contributed by atoms with E-state index in [2.05, 4.69) is 10.6 Å². The molecule has 0 heterocycles. The fraction of sp³-hybridized carbons (Fsp3) is 0.364. The number of amides is 2. The molecule has 5 nitrogen and oxygen atoms in total. The number of nitrogens with zero attached hydrogens (tertiary/aromatic N) is 1. The molecule has 0 radical (unpaired) electrons. The van der Waals surface area contributed by atoms with Crippen LogP contribution in [0, 0.1) is 20.8 Å². The zero-order valence-corrected chi connectivity index (χ0v) is 17.6. The Morgan fingerprint density at radius 1 is 1.00 bits per heavy atom. The van der Waals surface area contributed by atoms with E-state index in [4.69, 9.17) is 0 Å². The molecule has 30 heavy (non-hydrogen) atoms. The Morgan fingerprint density at radius 2 is 1.53 bits per heavy atom. The maximum Gasteiger partial charge on any atom is 0.416 e. The van der Waals surface area contributed by atoms with E-state index >= 15 is 0 Å². The first kappa shape index (κ1) is 23.4. The number of aryl methyl sites for hydroxylation is 3. The zero-order chi connectivity index (χ0) is 22.6. The number of hydrogen-bond donors (Lipinski definition) is 2. The van der Waals surface area contributed by atoms with Crippen LogP contribution in [0.4, 0.5) is 24.5 Å². The van der Waals surface area contributed by atoms with Gasteiger partial charge in [0.05, 0.1) is 18.2 Å². The van der Waals surface area contributed by atoms with E-state index in [0.717, 1.165) is 34.5 Å². The molecule has 0 saturated carbocycles. The van der Waals surface area contributed by atoms with Crippen molar-refractivity contribution in [2.45, 2.75) is 39.9 Å². The molecule has 2 aromatic carbocycles. The summed E-state index contributed by atoms with van der Waals surface area (Å²) in [5.41, 5.74) is 3.23. The van der Waals surface area contributed by atoms with Gasteiger partial charge >= 0.3 is 6.18 Å². The Labute approximate surface area is 174 Å². The quantitative estimate of drug-likeness (QED) is 0.721. The van der Waals surface area contributed by atoms with Crippen molar-refractivity contribution in [3.05, 3.63) is 58.7 Å². The Kier molecular flexibility index (Phi) is 7.25. The Morgan fingerprint density at radius 3 is 2.03 bits per heavy atom. The number of alkyl halides is 3. The van der Waals surface area contributed by atoms with Crippen molar-refractivity contribution in [2.24, 2.45) is 0 Å². The lowest BCUT2D eigenvalue weighted by Gasteiger charge is -2.24. The van der Waals surface area contributed by atoms with Gasteiger partial charge < -0.3 is 10.6 Å². The average molecular weight is 421 g/mol. The molecule has 0 aliphatic carbocycles. The summed E-state index contributed by atoms with van der Waals surface area (Å²) in [6.45, 7) is 7.42. The Balaban J connectivity index is 1.95. The smallest absolute Gasteiger partial charge is 0.325 e. The number of anilines is 2. The zero-order valence-electron chi connectivity index (χ0n) is 17.6. The van der Waals surface area contributed by atoms with Crippen LogP contribution >= 0.6 is 0 Å². The van der Waals surface area contributed by atoms with Crippen LogP contribution in [-0.4, -0.2) is 36.3 Å². The summed E-state index contributed by atoms with van der Waals surface area (Å²) in [5.74, 6) is -0.686. The highest BCUT2D eigenvalue weighted by atomic mass is 19.4. The van der Waals surface area contributed by atoms with E-state index < -0.39 is 23.7 Å². The van der Waals surface area contributed by atoms with Crippen LogP contribution in [0.25, 0.3) is 0 Å². The predicted octanol–water partition coefficient (Wildman–Crippen LogP) is 4.53. The molecule has 0 saturated heterocycles. The van der Waals surface area contributed by atoms with Gasteiger partial charge in [-0.1, -0.05) is 17.7 Å². The third-order valence-electron chi connectivity index (χ3n) is 4.85. The average Bonchev–Trinajstić information content (AvgIpc) is 2.63. The van der Waals surface area contributed by atoms with Crippen LogP contribution in [0.1, 0.15) is 29.2 Å². The first-order chi connectivity index (χ1) is 13.9. The summed E-state index contributed by atoms with van der Waals surface area (Å²) >= 11 is 0. The van der Waals surface area contributed by atoms with Gasteiger partial charge in [-0.05, 0) is 70.1 Å². The molecule has 0 fully saturated rings. The first-order valence-corrected chi connectivity index (χ1v) is 9.44. The van der Waals surface area contributed by atoms with E-state index in [-0.39, 0.29) is 18.1 Å². The van der Waals surface area contributed by atoms with Crippen LogP contribution in [0.3, 0.4) is 0 Å². The number of nitrogens with one attached hydrogen (secondary N) is 2. The van der Waals surface area contributed by atoms with Crippen molar-refractivity contribution in [3.63, 3.8) is 0 Å². The maximum atomic E-state index is 12.6. The normalized spacial score (nSPS) is 12.6. The van der Waals surface area contributed by atoms with Crippen molar-refractivity contribution in [2.75, 3.05) is 24.2 Å². The summed E-state index contributed by atoms with van der Waals surface area (Å²) in [5, 5.41) is 5.45. The van der Waals surface area contributed by atoms with Crippen molar-refractivity contribution in [3.8, 4) is 0 Å². The van der Waals surface area contributed by atoms with Crippen molar-refractivity contribution in [1.29, 1.82) is 0 Å². The highest BCUT2D eigenvalue weighted by Crippen LogP contribution is 2.29. The van der Waals surface area contributed by atoms with Crippen molar-refractivity contribution in [1.82, 2.24) is 4.90 Å². The number of hydrogen-bond acceptors (Lipinski definition) is 3.